The Balaban J connectivity index is 0. The SMILES string of the molecule is CC(=O)O.CC(=O)O.CC(=O)OC(Cc1cccs1)OC(C)=O. The first kappa shape index (κ1) is 22.9. The monoisotopic (exact) mass is 348 g/mol. The van der Waals surface area contributed by atoms with Crippen molar-refractivity contribution >= 4 is 35.2 Å². The maximum absolute atomic E-state index is 10.8. The van der Waals surface area contributed by atoms with Gasteiger partial charge in [-0.25, -0.2) is 0 Å². The fraction of sp³-hybridized carbons (Fsp3) is 0.429. The second-order valence-corrected chi connectivity index (χ2v) is 5.00. The predicted molar refractivity (Wildman–Crippen MR) is 82.0 cm³/mol. The number of hydrogen-bond donors (Lipinski definition) is 2. The standard InChI is InChI=1S/C10H12O4S.2C2H4O2/c1-7(11)13-10(14-8(2)12)6-9-4-3-5-15-9;2*1-2(3)4/h3-5,10H,6H2,1-2H3;2*1H3,(H,3,4). The second-order valence-electron chi connectivity index (χ2n) is 3.97. The van der Waals surface area contributed by atoms with Crippen molar-refractivity contribution in [3.05, 3.63) is 22.4 Å². The third kappa shape index (κ3) is 22.0. The van der Waals surface area contributed by atoms with Crippen molar-refractivity contribution < 1.29 is 38.9 Å². The van der Waals surface area contributed by atoms with E-state index >= 15 is 0 Å². The van der Waals surface area contributed by atoms with Crippen molar-refractivity contribution in [2.24, 2.45) is 0 Å². The van der Waals surface area contributed by atoms with Gasteiger partial charge in [-0.1, -0.05) is 6.07 Å². The molecule has 1 aromatic heterocycles. The molecule has 1 rings (SSSR count). The zero-order valence-electron chi connectivity index (χ0n) is 13.3. The topological polar surface area (TPSA) is 127 Å². The average Bonchev–Trinajstić information content (AvgIpc) is 2.77. The van der Waals surface area contributed by atoms with Crippen LogP contribution in [0.5, 0.6) is 0 Å². The number of rotatable bonds is 4. The highest BCUT2D eigenvalue weighted by atomic mass is 32.1. The average molecular weight is 348 g/mol. The Morgan fingerprint density at radius 1 is 1.00 bits per heavy atom. The van der Waals surface area contributed by atoms with Gasteiger partial charge in [-0.15, -0.1) is 11.3 Å². The van der Waals surface area contributed by atoms with E-state index in [9.17, 15) is 9.59 Å². The molecule has 0 bridgehead atoms. The van der Waals surface area contributed by atoms with Crippen LogP contribution in [-0.2, 0) is 35.1 Å². The fourth-order valence-corrected chi connectivity index (χ4v) is 1.79. The zero-order chi connectivity index (χ0) is 18.4. The summed E-state index contributed by atoms with van der Waals surface area (Å²) in [5, 5.41) is 16.7. The summed E-state index contributed by atoms with van der Waals surface area (Å²) in [7, 11) is 0. The van der Waals surface area contributed by atoms with E-state index in [0.29, 0.717) is 6.42 Å². The number of carboxylic acid groups (broad SMARTS) is 2. The lowest BCUT2D eigenvalue weighted by Gasteiger charge is -2.15. The van der Waals surface area contributed by atoms with E-state index in [1.807, 2.05) is 17.5 Å². The van der Waals surface area contributed by atoms with Crippen LogP contribution in [0.1, 0.15) is 32.6 Å². The van der Waals surface area contributed by atoms with Crippen molar-refractivity contribution in [3.8, 4) is 0 Å². The third-order valence-electron chi connectivity index (χ3n) is 1.54. The first-order valence-corrected chi connectivity index (χ1v) is 7.18. The molecule has 0 saturated carbocycles. The number of carbonyl (C=O) groups excluding carboxylic acids is 2. The molecule has 0 radical (unpaired) electrons. The Morgan fingerprint density at radius 2 is 1.39 bits per heavy atom. The number of ether oxygens (including phenoxy) is 2. The van der Waals surface area contributed by atoms with Crippen LogP contribution in [0, 0.1) is 0 Å². The molecule has 0 atom stereocenters. The minimum absolute atomic E-state index is 0.400. The van der Waals surface area contributed by atoms with Crippen molar-refractivity contribution in [1.29, 1.82) is 0 Å². The van der Waals surface area contributed by atoms with Crippen molar-refractivity contribution in [2.45, 2.75) is 40.4 Å². The van der Waals surface area contributed by atoms with Gasteiger partial charge in [-0.2, -0.15) is 0 Å². The molecule has 23 heavy (non-hydrogen) atoms. The molecule has 0 aliphatic heterocycles. The van der Waals surface area contributed by atoms with Crippen LogP contribution < -0.4 is 0 Å². The van der Waals surface area contributed by atoms with E-state index < -0.39 is 30.2 Å². The molecule has 1 heterocycles. The number of esters is 2. The van der Waals surface area contributed by atoms with Crippen LogP contribution in [0.4, 0.5) is 0 Å². The molecule has 1 aromatic rings. The largest absolute Gasteiger partial charge is 0.481 e. The van der Waals surface area contributed by atoms with Crippen LogP contribution in [0.25, 0.3) is 0 Å². The molecule has 130 valence electrons. The minimum atomic E-state index is -0.833. The Labute approximate surface area is 137 Å². The van der Waals surface area contributed by atoms with Crippen LogP contribution >= 0.6 is 11.3 Å². The minimum Gasteiger partial charge on any atom is -0.481 e. The molecule has 0 aliphatic carbocycles. The van der Waals surface area contributed by atoms with Gasteiger partial charge in [0.1, 0.15) is 0 Å². The molecule has 0 amide bonds. The maximum Gasteiger partial charge on any atom is 0.305 e. The third-order valence-corrected chi connectivity index (χ3v) is 2.44. The van der Waals surface area contributed by atoms with E-state index in [1.165, 1.54) is 25.2 Å². The van der Waals surface area contributed by atoms with E-state index in [-0.39, 0.29) is 0 Å². The highest BCUT2D eigenvalue weighted by Crippen LogP contribution is 2.13. The summed E-state index contributed by atoms with van der Waals surface area (Å²) in [5.41, 5.74) is 0. The summed E-state index contributed by atoms with van der Waals surface area (Å²) in [5.74, 6) is -2.59. The quantitative estimate of drug-likeness (QED) is 0.624. The van der Waals surface area contributed by atoms with Crippen molar-refractivity contribution in [2.75, 3.05) is 0 Å². The van der Waals surface area contributed by atoms with Gasteiger partial charge >= 0.3 is 11.9 Å². The molecule has 8 nitrogen and oxygen atoms in total. The van der Waals surface area contributed by atoms with Gasteiger partial charge in [0.15, 0.2) is 0 Å². The first-order chi connectivity index (χ1) is 10.5. The lowest BCUT2D eigenvalue weighted by molar-refractivity contribution is -0.184. The summed E-state index contributed by atoms with van der Waals surface area (Å²) in [4.78, 5) is 40.5. The molecular weight excluding hydrogens is 328 g/mol. The fourth-order valence-electron chi connectivity index (χ4n) is 1.07. The molecule has 0 aliphatic rings. The summed E-state index contributed by atoms with van der Waals surface area (Å²) in [6.07, 6.45) is -0.421. The number of carbonyl (C=O) groups is 4. The first-order valence-electron chi connectivity index (χ1n) is 6.30. The highest BCUT2D eigenvalue weighted by molar-refractivity contribution is 7.09. The lowest BCUT2D eigenvalue weighted by atomic mass is 10.3. The lowest BCUT2D eigenvalue weighted by Crippen LogP contribution is -2.24. The molecule has 9 heteroatoms. The summed E-state index contributed by atoms with van der Waals surface area (Å²) >= 11 is 1.52. The zero-order valence-corrected chi connectivity index (χ0v) is 14.1. The van der Waals surface area contributed by atoms with Crippen LogP contribution in [0.2, 0.25) is 0 Å². The number of aliphatic carboxylic acids is 2. The van der Waals surface area contributed by atoms with Gasteiger partial charge in [-0.3, -0.25) is 19.2 Å². The normalized spacial score (nSPS) is 8.74. The van der Waals surface area contributed by atoms with Crippen molar-refractivity contribution in [3.63, 3.8) is 0 Å². The Bertz CT molecular complexity index is 459. The summed E-state index contributed by atoms with van der Waals surface area (Å²) < 4.78 is 9.72. The molecule has 0 saturated heterocycles. The van der Waals surface area contributed by atoms with Gasteiger partial charge in [0.05, 0.1) is 6.42 Å². The molecular formula is C14H20O8S. The van der Waals surface area contributed by atoms with Gasteiger partial charge in [0.2, 0.25) is 0 Å². The van der Waals surface area contributed by atoms with Gasteiger partial charge in [0, 0.05) is 32.6 Å². The summed E-state index contributed by atoms with van der Waals surface area (Å²) in [6.45, 7) is 4.73. The van der Waals surface area contributed by atoms with E-state index in [0.717, 1.165) is 18.7 Å². The molecule has 0 unspecified atom stereocenters. The Kier molecular flexibility index (Phi) is 13.2. The van der Waals surface area contributed by atoms with E-state index in [1.54, 1.807) is 0 Å². The van der Waals surface area contributed by atoms with Crippen LogP contribution in [0.15, 0.2) is 17.5 Å². The molecule has 2 N–H and O–H groups in total. The van der Waals surface area contributed by atoms with E-state index in [4.69, 9.17) is 29.3 Å². The maximum atomic E-state index is 10.8. The number of thiophene rings is 1. The van der Waals surface area contributed by atoms with E-state index in [2.05, 4.69) is 0 Å². The Morgan fingerprint density at radius 3 is 1.65 bits per heavy atom. The van der Waals surface area contributed by atoms with Gasteiger partial charge in [0.25, 0.3) is 18.2 Å². The van der Waals surface area contributed by atoms with Crippen LogP contribution in [0.3, 0.4) is 0 Å². The predicted octanol–water partition coefficient (Wildman–Crippen LogP) is 1.92. The van der Waals surface area contributed by atoms with Crippen LogP contribution in [-0.4, -0.2) is 40.4 Å². The van der Waals surface area contributed by atoms with Crippen molar-refractivity contribution in [1.82, 2.24) is 0 Å². The second kappa shape index (κ2) is 13.3. The Hall–Kier alpha value is -2.42. The molecule has 0 fully saturated rings. The highest BCUT2D eigenvalue weighted by Gasteiger charge is 2.16. The van der Waals surface area contributed by atoms with Gasteiger partial charge < -0.3 is 19.7 Å². The molecule has 0 spiro atoms. The molecule has 0 aromatic carbocycles. The number of hydrogen-bond acceptors (Lipinski definition) is 7. The summed E-state index contributed by atoms with van der Waals surface area (Å²) in [6, 6.07) is 3.78. The number of carboxylic acids is 2. The van der Waals surface area contributed by atoms with Gasteiger partial charge in [-0.05, 0) is 11.4 Å². The smallest absolute Gasteiger partial charge is 0.305 e.